The number of amides is 5. The number of hydrogen-bond acceptors (Lipinski definition) is 4. The molecule has 2 fully saturated rings. The smallest absolute Gasteiger partial charge is 0.321 e. The van der Waals surface area contributed by atoms with Gasteiger partial charge in [-0.1, -0.05) is 19.3 Å². The molecule has 0 unspecified atom stereocenters. The van der Waals surface area contributed by atoms with E-state index in [-0.39, 0.29) is 24.8 Å². The molecule has 2 aliphatic rings. The first-order chi connectivity index (χ1) is 9.98. The maximum atomic E-state index is 12.5. The minimum absolute atomic E-state index is 0.195. The fraction of sp³-hybridized carbons (Fsp3) is 0.714. The number of likely N-dealkylation sites (tertiary alicyclic amines) is 1. The number of imide groups is 2. The van der Waals surface area contributed by atoms with Gasteiger partial charge in [-0.25, -0.2) is 4.79 Å². The Morgan fingerprint density at radius 1 is 1.19 bits per heavy atom. The van der Waals surface area contributed by atoms with Gasteiger partial charge in [0.1, 0.15) is 6.54 Å². The Balaban J connectivity index is 1.97. The lowest BCUT2D eigenvalue weighted by molar-refractivity contribution is -0.145. The molecule has 0 aromatic rings. The molecular formula is C14H21N3O4. The zero-order valence-electron chi connectivity index (χ0n) is 12.2. The topological polar surface area (TPSA) is 95.6 Å². The average Bonchev–Trinajstić information content (AvgIpc) is 2.64. The van der Waals surface area contributed by atoms with E-state index in [0.717, 1.165) is 24.2 Å². The molecule has 2 rings (SSSR count). The van der Waals surface area contributed by atoms with Crippen LogP contribution in [-0.4, -0.2) is 41.7 Å². The van der Waals surface area contributed by atoms with Gasteiger partial charge in [0, 0.05) is 13.0 Å². The summed E-state index contributed by atoms with van der Waals surface area (Å²) < 4.78 is 0. The van der Waals surface area contributed by atoms with E-state index < -0.39 is 17.4 Å². The molecule has 2 N–H and O–H groups in total. The summed E-state index contributed by atoms with van der Waals surface area (Å²) >= 11 is 0. The van der Waals surface area contributed by atoms with Gasteiger partial charge in [-0.2, -0.15) is 0 Å². The molecular weight excluding hydrogens is 274 g/mol. The highest BCUT2D eigenvalue weighted by molar-refractivity contribution is 6.09. The van der Waals surface area contributed by atoms with Crippen LogP contribution in [0.5, 0.6) is 0 Å². The highest BCUT2D eigenvalue weighted by Crippen LogP contribution is 2.45. The number of urea groups is 1. The van der Waals surface area contributed by atoms with Crippen molar-refractivity contribution in [2.75, 3.05) is 13.1 Å². The molecule has 0 radical (unpaired) electrons. The summed E-state index contributed by atoms with van der Waals surface area (Å²) in [4.78, 5) is 48.5. The molecule has 0 aromatic carbocycles. The van der Waals surface area contributed by atoms with Gasteiger partial charge >= 0.3 is 6.03 Å². The monoisotopic (exact) mass is 295 g/mol. The first kappa shape index (κ1) is 15.5. The molecule has 7 nitrogen and oxygen atoms in total. The van der Waals surface area contributed by atoms with E-state index in [9.17, 15) is 19.2 Å². The molecule has 1 aliphatic carbocycles. The van der Waals surface area contributed by atoms with Crippen molar-refractivity contribution in [1.82, 2.24) is 15.5 Å². The quantitative estimate of drug-likeness (QED) is 0.743. The zero-order chi connectivity index (χ0) is 15.5. The second-order valence-electron chi connectivity index (χ2n) is 5.71. The van der Waals surface area contributed by atoms with Gasteiger partial charge in [0.15, 0.2) is 0 Å². The van der Waals surface area contributed by atoms with Gasteiger partial charge in [-0.3, -0.25) is 24.6 Å². The predicted octanol–water partition coefficient (Wildman–Crippen LogP) is 0.541. The van der Waals surface area contributed by atoms with Gasteiger partial charge in [-0.05, 0) is 19.8 Å². The van der Waals surface area contributed by atoms with Gasteiger partial charge in [0.05, 0.1) is 5.41 Å². The van der Waals surface area contributed by atoms with E-state index in [4.69, 9.17) is 0 Å². The molecule has 1 saturated heterocycles. The molecule has 0 bridgehead atoms. The maximum Gasteiger partial charge on any atom is 0.321 e. The summed E-state index contributed by atoms with van der Waals surface area (Å²) in [5.41, 5.74) is -0.596. The van der Waals surface area contributed by atoms with E-state index in [1.54, 1.807) is 6.92 Å². The summed E-state index contributed by atoms with van der Waals surface area (Å²) in [6.07, 6.45) is 4.59. The number of carbonyl (C=O) groups is 4. The summed E-state index contributed by atoms with van der Waals surface area (Å²) in [6, 6.07) is -0.617. The molecule has 7 heteroatoms. The van der Waals surface area contributed by atoms with Crippen LogP contribution in [0.15, 0.2) is 0 Å². The van der Waals surface area contributed by atoms with Crippen molar-refractivity contribution < 1.29 is 19.2 Å². The second-order valence-corrected chi connectivity index (χ2v) is 5.71. The van der Waals surface area contributed by atoms with Crippen molar-refractivity contribution in [3.63, 3.8) is 0 Å². The average molecular weight is 295 g/mol. The lowest BCUT2D eigenvalue weighted by Crippen LogP contribution is -2.47. The molecule has 1 spiro atoms. The van der Waals surface area contributed by atoms with Crippen molar-refractivity contribution in [3.05, 3.63) is 0 Å². The molecule has 0 aromatic heterocycles. The SMILES string of the molecule is CCNC(=O)NC(=O)CN1C(=O)CC2(CCCCC2)C1=O. The van der Waals surface area contributed by atoms with Crippen molar-refractivity contribution >= 4 is 23.8 Å². The van der Waals surface area contributed by atoms with Gasteiger partial charge in [-0.15, -0.1) is 0 Å². The number of hydrogen-bond donors (Lipinski definition) is 2. The zero-order valence-corrected chi connectivity index (χ0v) is 12.2. The van der Waals surface area contributed by atoms with Crippen LogP contribution in [0.1, 0.15) is 45.4 Å². The van der Waals surface area contributed by atoms with Crippen LogP contribution in [0.3, 0.4) is 0 Å². The number of carbonyl (C=O) groups excluding carboxylic acids is 4. The Kier molecular flexibility index (Phi) is 4.59. The largest absolute Gasteiger partial charge is 0.338 e. The van der Waals surface area contributed by atoms with Crippen LogP contribution < -0.4 is 10.6 Å². The van der Waals surface area contributed by atoms with Crippen molar-refractivity contribution in [3.8, 4) is 0 Å². The first-order valence-electron chi connectivity index (χ1n) is 7.41. The van der Waals surface area contributed by atoms with Crippen molar-refractivity contribution in [2.45, 2.75) is 45.4 Å². The number of nitrogens with one attached hydrogen (secondary N) is 2. The standard InChI is InChI=1S/C14H21N3O4/c1-2-15-13(21)16-10(18)9-17-11(19)8-14(12(17)20)6-4-3-5-7-14/h2-9H2,1H3,(H2,15,16,18,21). The fourth-order valence-corrected chi connectivity index (χ4v) is 3.15. The number of rotatable bonds is 3. The molecule has 0 atom stereocenters. The molecule has 1 aliphatic heterocycles. The van der Waals surface area contributed by atoms with Gasteiger partial charge in [0.25, 0.3) is 0 Å². The lowest BCUT2D eigenvalue weighted by atomic mass is 9.73. The van der Waals surface area contributed by atoms with E-state index in [2.05, 4.69) is 10.6 Å². The third kappa shape index (κ3) is 3.22. The van der Waals surface area contributed by atoms with Crippen LogP contribution in [0.4, 0.5) is 4.79 Å². The van der Waals surface area contributed by atoms with Crippen LogP contribution in [-0.2, 0) is 14.4 Å². The highest BCUT2D eigenvalue weighted by atomic mass is 16.2. The van der Waals surface area contributed by atoms with E-state index in [0.29, 0.717) is 19.4 Å². The number of nitrogens with zero attached hydrogens (tertiary/aromatic N) is 1. The van der Waals surface area contributed by atoms with E-state index >= 15 is 0 Å². The second kappa shape index (κ2) is 6.24. The van der Waals surface area contributed by atoms with E-state index in [1.165, 1.54) is 0 Å². The van der Waals surface area contributed by atoms with Crippen LogP contribution in [0.2, 0.25) is 0 Å². The van der Waals surface area contributed by atoms with Crippen molar-refractivity contribution in [2.24, 2.45) is 5.41 Å². The Morgan fingerprint density at radius 3 is 2.48 bits per heavy atom. The molecule has 21 heavy (non-hydrogen) atoms. The Hall–Kier alpha value is -1.92. The van der Waals surface area contributed by atoms with Gasteiger partial charge < -0.3 is 5.32 Å². The summed E-state index contributed by atoms with van der Waals surface area (Å²) in [5.74, 6) is -1.21. The predicted molar refractivity (Wildman–Crippen MR) is 74.1 cm³/mol. The third-order valence-corrected chi connectivity index (χ3v) is 4.19. The van der Waals surface area contributed by atoms with Crippen LogP contribution in [0.25, 0.3) is 0 Å². The van der Waals surface area contributed by atoms with Crippen molar-refractivity contribution in [1.29, 1.82) is 0 Å². The van der Waals surface area contributed by atoms with Gasteiger partial charge in [0.2, 0.25) is 17.7 Å². The summed E-state index contributed by atoms with van der Waals surface area (Å²) in [5, 5.41) is 4.53. The Morgan fingerprint density at radius 2 is 1.86 bits per heavy atom. The van der Waals surface area contributed by atoms with Crippen LogP contribution in [0, 0.1) is 5.41 Å². The highest BCUT2D eigenvalue weighted by Gasteiger charge is 2.51. The van der Waals surface area contributed by atoms with E-state index in [1.807, 2.05) is 0 Å². The Bertz CT molecular complexity index is 469. The third-order valence-electron chi connectivity index (χ3n) is 4.19. The minimum atomic E-state index is -0.643. The summed E-state index contributed by atoms with van der Waals surface area (Å²) in [7, 11) is 0. The summed E-state index contributed by atoms with van der Waals surface area (Å²) in [6.45, 7) is 1.74. The molecule has 1 saturated carbocycles. The maximum absolute atomic E-state index is 12.5. The normalized spacial score (nSPS) is 20.7. The molecule has 116 valence electrons. The minimum Gasteiger partial charge on any atom is -0.338 e. The lowest BCUT2D eigenvalue weighted by Gasteiger charge is -2.30. The molecule has 5 amide bonds. The van der Waals surface area contributed by atoms with Crippen LogP contribution >= 0.6 is 0 Å². The fourth-order valence-electron chi connectivity index (χ4n) is 3.15. The Labute approximate surface area is 123 Å². The molecule has 1 heterocycles. The first-order valence-corrected chi connectivity index (χ1v) is 7.41.